The molecule has 1 amide bonds. The Morgan fingerprint density at radius 2 is 2.04 bits per heavy atom. The number of rotatable bonds is 4. The molecule has 0 radical (unpaired) electrons. The number of aryl methyl sites for hydroxylation is 1. The molecule has 1 aliphatic rings. The number of H-pyrrole nitrogens is 1. The summed E-state index contributed by atoms with van der Waals surface area (Å²) in [5.41, 5.74) is 0.257. The van der Waals surface area contributed by atoms with Crippen molar-refractivity contribution >= 4 is 16.9 Å². The fourth-order valence-corrected chi connectivity index (χ4v) is 3.69. The van der Waals surface area contributed by atoms with Crippen molar-refractivity contribution in [1.29, 1.82) is 0 Å². The quantitative estimate of drug-likeness (QED) is 0.827. The molecule has 28 heavy (non-hydrogen) atoms. The van der Waals surface area contributed by atoms with Crippen LogP contribution in [0.3, 0.4) is 0 Å². The molecule has 0 spiro atoms. The number of aromatic nitrogens is 3. The van der Waals surface area contributed by atoms with E-state index in [2.05, 4.69) is 15.3 Å². The van der Waals surface area contributed by atoms with Crippen molar-refractivity contribution in [2.45, 2.75) is 65.6 Å². The van der Waals surface area contributed by atoms with Crippen LogP contribution in [0.1, 0.15) is 63.0 Å². The van der Waals surface area contributed by atoms with Gasteiger partial charge >= 0.3 is 5.69 Å². The Kier molecular flexibility index (Phi) is 5.69. The molecule has 0 bridgehead atoms. The molecule has 0 aromatic carbocycles. The molecule has 1 aliphatic heterocycles. The van der Waals surface area contributed by atoms with Gasteiger partial charge in [-0.25, -0.2) is 9.78 Å². The van der Waals surface area contributed by atoms with Gasteiger partial charge in [-0.15, -0.1) is 0 Å². The van der Waals surface area contributed by atoms with Crippen LogP contribution in [-0.2, 0) is 6.54 Å². The van der Waals surface area contributed by atoms with Crippen LogP contribution in [0, 0.1) is 0 Å². The molecule has 2 atom stereocenters. The number of carbonyl (C=O) groups is 1. The van der Waals surface area contributed by atoms with Gasteiger partial charge in [0.2, 0.25) is 0 Å². The van der Waals surface area contributed by atoms with Crippen molar-refractivity contribution in [1.82, 2.24) is 24.8 Å². The summed E-state index contributed by atoms with van der Waals surface area (Å²) in [6.45, 7) is 11.6. The minimum Gasteiger partial charge on any atom is -0.333 e. The van der Waals surface area contributed by atoms with Crippen LogP contribution in [0.15, 0.2) is 15.7 Å². The zero-order valence-corrected chi connectivity index (χ0v) is 17.2. The molecule has 2 aromatic rings. The van der Waals surface area contributed by atoms with Crippen LogP contribution in [0.25, 0.3) is 11.0 Å². The number of hydrogen-bond acceptors (Lipinski definition) is 5. The van der Waals surface area contributed by atoms with E-state index in [9.17, 15) is 14.4 Å². The van der Waals surface area contributed by atoms with Crippen molar-refractivity contribution in [3.05, 3.63) is 38.2 Å². The van der Waals surface area contributed by atoms with E-state index in [1.807, 2.05) is 34.6 Å². The summed E-state index contributed by atoms with van der Waals surface area (Å²) in [6.07, 6.45) is 0.713. The van der Waals surface area contributed by atoms with Crippen LogP contribution < -0.4 is 16.6 Å². The number of pyridine rings is 1. The summed E-state index contributed by atoms with van der Waals surface area (Å²) in [4.78, 5) is 47.3. The van der Waals surface area contributed by atoms with E-state index in [1.165, 1.54) is 4.57 Å². The number of carbonyl (C=O) groups excluding carboxylic acids is 1. The summed E-state index contributed by atoms with van der Waals surface area (Å²) in [7, 11) is 0. The largest absolute Gasteiger partial charge is 0.333 e. The molecular formula is C20H29N5O3. The first-order chi connectivity index (χ1) is 13.3. The number of amides is 1. The molecule has 1 saturated heterocycles. The average Bonchev–Trinajstić information content (AvgIpc) is 2.65. The Morgan fingerprint density at radius 1 is 1.32 bits per heavy atom. The van der Waals surface area contributed by atoms with Crippen LogP contribution in [-0.4, -0.2) is 50.5 Å². The molecule has 2 aromatic heterocycles. The second kappa shape index (κ2) is 7.87. The van der Waals surface area contributed by atoms with Gasteiger partial charge in [0.1, 0.15) is 0 Å². The molecule has 2 N–H and O–H groups in total. The van der Waals surface area contributed by atoms with E-state index >= 15 is 0 Å². The summed E-state index contributed by atoms with van der Waals surface area (Å²) >= 11 is 0. The van der Waals surface area contributed by atoms with Crippen molar-refractivity contribution in [3.63, 3.8) is 0 Å². The van der Waals surface area contributed by atoms with E-state index in [1.54, 1.807) is 11.0 Å². The highest BCUT2D eigenvalue weighted by atomic mass is 16.2. The fraction of sp³-hybridized carbons (Fsp3) is 0.600. The van der Waals surface area contributed by atoms with Crippen molar-refractivity contribution in [2.24, 2.45) is 0 Å². The number of fused-ring (bicyclic) bond motifs is 1. The van der Waals surface area contributed by atoms with E-state index in [0.717, 1.165) is 0 Å². The van der Waals surface area contributed by atoms with Crippen LogP contribution >= 0.6 is 0 Å². The SMILES string of the molecule is CCCn1c(=O)[nH]c(=O)c2c(C(=O)N3CCNC(C)C3C)cc(C(C)C)nc21. The van der Waals surface area contributed by atoms with Gasteiger partial charge in [0.15, 0.2) is 5.65 Å². The van der Waals surface area contributed by atoms with E-state index in [-0.39, 0.29) is 29.3 Å². The standard InChI is InChI=1S/C20H29N5O3/c1-6-8-25-17-16(18(26)23-20(25)28)14(10-15(22-17)11(2)3)19(27)24-9-7-21-12(4)13(24)5/h10-13,21H,6-9H2,1-5H3,(H,23,26,28). The molecule has 3 rings (SSSR count). The zero-order valence-electron chi connectivity index (χ0n) is 17.2. The number of aromatic amines is 1. The Hall–Kier alpha value is -2.48. The van der Waals surface area contributed by atoms with Crippen LogP contribution in [0.4, 0.5) is 0 Å². The van der Waals surface area contributed by atoms with Crippen molar-refractivity contribution in [3.8, 4) is 0 Å². The maximum absolute atomic E-state index is 13.5. The normalized spacial score (nSPS) is 20.1. The van der Waals surface area contributed by atoms with E-state index in [0.29, 0.717) is 43.0 Å². The summed E-state index contributed by atoms with van der Waals surface area (Å²) < 4.78 is 1.46. The number of hydrogen-bond donors (Lipinski definition) is 2. The Balaban J connectivity index is 2.29. The van der Waals surface area contributed by atoms with Crippen molar-refractivity contribution in [2.75, 3.05) is 13.1 Å². The predicted octanol–water partition coefficient (Wildman–Crippen LogP) is 1.44. The van der Waals surface area contributed by atoms with Gasteiger partial charge in [-0.2, -0.15) is 0 Å². The molecule has 8 nitrogen and oxygen atoms in total. The summed E-state index contributed by atoms with van der Waals surface area (Å²) in [6, 6.07) is 1.87. The van der Waals surface area contributed by atoms with Gasteiger partial charge in [0.05, 0.1) is 10.9 Å². The lowest BCUT2D eigenvalue weighted by molar-refractivity contribution is 0.0604. The number of nitrogens with zero attached hydrogens (tertiary/aromatic N) is 3. The molecular weight excluding hydrogens is 358 g/mol. The predicted molar refractivity (Wildman–Crippen MR) is 109 cm³/mol. The lowest BCUT2D eigenvalue weighted by atomic mass is 10.0. The van der Waals surface area contributed by atoms with Crippen LogP contribution in [0.2, 0.25) is 0 Å². The van der Waals surface area contributed by atoms with Gasteiger partial charge in [0.25, 0.3) is 11.5 Å². The Labute approximate surface area is 164 Å². The molecule has 2 unspecified atom stereocenters. The summed E-state index contributed by atoms with van der Waals surface area (Å²) in [5.74, 6) is -0.137. The molecule has 0 saturated carbocycles. The Bertz CT molecular complexity index is 1010. The first kappa shape index (κ1) is 20.3. The lowest BCUT2D eigenvalue weighted by Crippen LogP contribution is -2.57. The number of piperazine rings is 1. The molecule has 152 valence electrons. The maximum Gasteiger partial charge on any atom is 0.329 e. The van der Waals surface area contributed by atoms with E-state index < -0.39 is 11.2 Å². The molecule has 3 heterocycles. The summed E-state index contributed by atoms with van der Waals surface area (Å²) in [5, 5.41) is 3.56. The first-order valence-electron chi connectivity index (χ1n) is 9.98. The Morgan fingerprint density at radius 3 is 2.68 bits per heavy atom. The molecule has 0 aliphatic carbocycles. The highest BCUT2D eigenvalue weighted by Gasteiger charge is 2.31. The second-order valence-electron chi connectivity index (χ2n) is 7.84. The molecule has 8 heteroatoms. The monoisotopic (exact) mass is 387 g/mol. The number of nitrogens with one attached hydrogen (secondary N) is 2. The van der Waals surface area contributed by atoms with Gasteiger partial charge in [-0.1, -0.05) is 20.8 Å². The third-order valence-electron chi connectivity index (χ3n) is 5.53. The lowest BCUT2D eigenvalue weighted by Gasteiger charge is -2.38. The highest BCUT2D eigenvalue weighted by molar-refractivity contribution is 6.05. The van der Waals surface area contributed by atoms with Gasteiger partial charge in [-0.3, -0.25) is 19.1 Å². The van der Waals surface area contributed by atoms with Gasteiger partial charge in [0, 0.05) is 37.4 Å². The second-order valence-corrected chi connectivity index (χ2v) is 7.84. The van der Waals surface area contributed by atoms with Gasteiger partial charge < -0.3 is 10.2 Å². The van der Waals surface area contributed by atoms with Crippen LogP contribution in [0.5, 0.6) is 0 Å². The molecule has 1 fully saturated rings. The minimum absolute atomic E-state index is 0.00686. The first-order valence-corrected chi connectivity index (χ1v) is 9.98. The third kappa shape index (κ3) is 3.48. The smallest absolute Gasteiger partial charge is 0.329 e. The maximum atomic E-state index is 13.5. The highest BCUT2D eigenvalue weighted by Crippen LogP contribution is 2.23. The fourth-order valence-electron chi connectivity index (χ4n) is 3.69. The minimum atomic E-state index is -0.561. The van der Waals surface area contributed by atoms with Crippen molar-refractivity contribution < 1.29 is 4.79 Å². The average molecular weight is 387 g/mol. The zero-order chi connectivity index (χ0) is 20.6. The van der Waals surface area contributed by atoms with E-state index in [4.69, 9.17) is 0 Å². The topological polar surface area (TPSA) is 100 Å². The third-order valence-corrected chi connectivity index (χ3v) is 5.53. The van der Waals surface area contributed by atoms with Gasteiger partial charge in [-0.05, 0) is 32.3 Å².